The van der Waals surface area contributed by atoms with Crippen LogP contribution in [-0.2, 0) is 6.54 Å². The van der Waals surface area contributed by atoms with Gasteiger partial charge in [-0.25, -0.2) is 4.79 Å². The van der Waals surface area contributed by atoms with Crippen molar-refractivity contribution in [1.82, 2.24) is 9.55 Å². The van der Waals surface area contributed by atoms with Crippen LogP contribution < -0.4 is 5.69 Å². The Hall–Kier alpha value is -3.67. The molecule has 0 saturated carbocycles. The normalized spacial score (nSPS) is 10.9. The first-order valence-electron chi connectivity index (χ1n) is 8.13. The lowest BCUT2D eigenvalue weighted by atomic mass is 10.0. The van der Waals surface area contributed by atoms with Gasteiger partial charge in [0.05, 0.1) is 22.5 Å². The summed E-state index contributed by atoms with van der Waals surface area (Å²) in [6, 6.07) is 21.8. The van der Waals surface area contributed by atoms with Crippen LogP contribution in [0.4, 0.5) is 5.69 Å². The molecule has 1 heterocycles. The van der Waals surface area contributed by atoms with Crippen LogP contribution >= 0.6 is 0 Å². The molecule has 4 rings (SSSR count). The maximum absolute atomic E-state index is 12.4. The summed E-state index contributed by atoms with van der Waals surface area (Å²) in [5.41, 5.74) is 3.95. The number of H-pyrrole nitrogens is 1. The minimum Gasteiger partial charge on any atom is -0.306 e. The first kappa shape index (κ1) is 15.8. The summed E-state index contributed by atoms with van der Waals surface area (Å²) in [6.45, 7) is 0.482. The highest BCUT2D eigenvalue weighted by atomic mass is 16.6. The summed E-state index contributed by atoms with van der Waals surface area (Å²) in [6.07, 6.45) is 0. The molecule has 0 bridgehead atoms. The topological polar surface area (TPSA) is 80.9 Å². The van der Waals surface area contributed by atoms with E-state index in [1.165, 1.54) is 12.1 Å². The maximum Gasteiger partial charge on any atom is 0.326 e. The molecular formula is C20H15N3O3. The third kappa shape index (κ3) is 2.88. The van der Waals surface area contributed by atoms with E-state index in [4.69, 9.17) is 0 Å². The van der Waals surface area contributed by atoms with Crippen molar-refractivity contribution in [2.24, 2.45) is 0 Å². The van der Waals surface area contributed by atoms with Gasteiger partial charge in [0.1, 0.15) is 0 Å². The summed E-state index contributed by atoms with van der Waals surface area (Å²) < 4.78 is 1.68. The maximum atomic E-state index is 12.4. The lowest BCUT2D eigenvalue weighted by Crippen LogP contribution is -2.17. The Labute approximate surface area is 148 Å². The Bertz CT molecular complexity index is 1160. The summed E-state index contributed by atoms with van der Waals surface area (Å²) in [4.78, 5) is 25.8. The van der Waals surface area contributed by atoms with Gasteiger partial charge in [-0.2, -0.15) is 0 Å². The Morgan fingerprint density at radius 3 is 2.46 bits per heavy atom. The van der Waals surface area contributed by atoms with Gasteiger partial charge in [-0.1, -0.05) is 48.5 Å². The molecule has 0 saturated heterocycles. The van der Waals surface area contributed by atoms with Crippen LogP contribution in [0.3, 0.4) is 0 Å². The number of nitrogens with one attached hydrogen (secondary N) is 1. The molecule has 26 heavy (non-hydrogen) atoms. The van der Waals surface area contributed by atoms with Crippen molar-refractivity contribution in [2.45, 2.75) is 6.54 Å². The van der Waals surface area contributed by atoms with Gasteiger partial charge >= 0.3 is 5.69 Å². The van der Waals surface area contributed by atoms with Crippen molar-refractivity contribution in [3.63, 3.8) is 0 Å². The predicted octanol–water partition coefficient (Wildman–Crippen LogP) is 3.95. The molecule has 0 fully saturated rings. The first-order chi connectivity index (χ1) is 12.6. The molecule has 0 unspecified atom stereocenters. The van der Waals surface area contributed by atoms with E-state index in [0.29, 0.717) is 12.1 Å². The second-order valence-corrected chi connectivity index (χ2v) is 6.04. The Morgan fingerprint density at radius 2 is 1.69 bits per heavy atom. The van der Waals surface area contributed by atoms with E-state index >= 15 is 0 Å². The fourth-order valence-electron chi connectivity index (χ4n) is 3.07. The molecule has 128 valence electrons. The number of rotatable bonds is 4. The van der Waals surface area contributed by atoms with E-state index in [9.17, 15) is 14.9 Å². The zero-order valence-electron chi connectivity index (χ0n) is 13.8. The second kappa shape index (κ2) is 6.33. The molecule has 0 aliphatic rings. The molecule has 4 aromatic rings. The van der Waals surface area contributed by atoms with Crippen LogP contribution in [0.2, 0.25) is 0 Å². The van der Waals surface area contributed by atoms with Crippen LogP contribution in [0.25, 0.3) is 22.2 Å². The van der Waals surface area contributed by atoms with Crippen molar-refractivity contribution in [3.05, 3.63) is 99.0 Å². The molecule has 6 nitrogen and oxygen atoms in total. The van der Waals surface area contributed by atoms with E-state index in [0.717, 1.165) is 22.2 Å². The van der Waals surface area contributed by atoms with Crippen molar-refractivity contribution in [3.8, 4) is 11.1 Å². The highest BCUT2D eigenvalue weighted by Crippen LogP contribution is 2.26. The summed E-state index contributed by atoms with van der Waals surface area (Å²) in [5, 5.41) is 11.0. The van der Waals surface area contributed by atoms with Crippen molar-refractivity contribution in [2.75, 3.05) is 0 Å². The molecule has 0 aliphatic heterocycles. The third-order valence-electron chi connectivity index (χ3n) is 4.35. The number of nitro groups is 1. The van der Waals surface area contributed by atoms with Gasteiger partial charge in [0.25, 0.3) is 5.69 Å². The smallest absolute Gasteiger partial charge is 0.306 e. The summed E-state index contributed by atoms with van der Waals surface area (Å²) in [5.74, 6) is 0. The van der Waals surface area contributed by atoms with Gasteiger partial charge in [-0.15, -0.1) is 0 Å². The number of aromatic amines is 1. The van der Waals surface area contributed by atoms with E-state index in [-0.39, 0.29) is 11.4 Å². The molecule has 1 aromatic heterocycles. The van der Waals surface area contributed by atoms with Crippen LogP contribution in [0.5, 0.6) is 0 Å². The largest absolute Gasteiger partial charge is 0.326 e. The Balaban J connectivity index is 1.76. The molecule has 1 N–H and O–H groups in total. The van der Waals surface area contributed by atoms with Crippen LogP contribution in [0.15, 0.2) is 77.6 Å². The predicted molar refractivity (Wildman–Crippen MR) is 100 cm³/mol. The summed E-state index contributed by atoms with van der Waals surface area (Å²) in [7, 11) is 0. The van der Waals surface area contributed by atoms with Gasteiger partial charge in [0.2, 0.25) is 0 Å². The van der Waals surface area contributed by atoms with E-state index < -0.39 is 4.92 Å². The SMILES string of the molecule is O=c1[nH]c2cc(-c3cccc([N+](=O)[O-])c3)ccc2n1Cc1ccccc1. The zero-order valence-corrected chi connectivity index (χ0v) is 13.8. The summed E-state index contributed by atoms with van der Waals surface area (Å²) >= 11 is 0. The fourth-order valence-corrected chi connectivity index (χ4v) is 3.07. The molecule has 0 spiro atoms. The lowest BCUT2D eigenvalue weighted by Gasteiger charge is -2.05. The van der Waals surface area contributed by atoms with Crippen LogP contribution in [-0.4, -0.2) is 14.5 Å². The number of aromatic nitrogens is 2. The number of non-ortho nitro benzene ring substituents is 1. The van der Waals surface area contributed by atoms with Crippen molar-refractivity contribution >= 4 is 16.7 Å². The van der Waals surface area contributed by atoms with E-state index in [1.54, 1.807) is 10.6 Å². The second-order valence-electron chi connectivity index (χ2n) is 6.04. The Morgan fingerprint density at radius 1 is 0.923 bits per heavy atom. The quantitative estimate of drug-likeness (QED) is 0.449. The lowest BCUT2D eigenvalue weighted by molar-refractivity contribution is -0.384. The molecule has 3 aromatic carbocycles. The average molecular weight is 345 g/mol. The van der Waals surface area contributed by atoms with Crippen molar-refractivity contribution < 1.29 is 4.92 Å². The van der Waals surface area contributed by atoms with Gasteiger partial charge in [-0.05, 0) is 28.8 Å². The number of hydrogen-bond donors (Lipinski definition) is 1. The van der Waals surface area contributed by atoms with Crippen molar-refractivity contribution in [1.29, 1.82) is 0 Å². The number of fused-ring (bicyclic) bond motifs is 1. The van der Waals surface area contributed by atoms with E-state index in [2.05, 4.69) is 4.98 Å². The molecule has 6 heteroatoms. The van der Waals surface area contributed by atoms with Crippen LogP contribution in [0.1, 0.15) is 5.56 Å². The zero-order chi connectivity index (χ0) is 18.1. The van der Waals surface area contributed by atoms with E-state index in [1.807, 2.05) is 54.6 Å². The minimum absolute atomic E-state index is 0.0396. The number of imidazole rings is 1. The van der Waals surface area contributed by atoms with Gasteiger partial charge in [-0.3, -0.25) is 14.7 Å². The first-order valence-corrected chi connectivity index (χ1v) is 8.13. The molecule has 0 radical (unpaired) electrons. The van der Waals surface area contributed by atoms with Gasteiger partial charge in [0, 0.05) is 12.1 Å². The number of nitrogens with zero attached hydrogens (tertiary/aromatic N) is 2. The number of benzene rings is 3. The molecular weight excluding hydrogens is 330 g/mol. The minimum atomic E-state index is -0.416. The molecule has 0 atom stereocenters. The van der Waals surface area contributed by atoms with Gasteiger partial charge in [0.15, 0.2) is 0 Å². The standard InChI is InChI=1S/C20H15N3O3/c24-20-21-18-12-16(15-7-4-8-17(11-15)23(25)26)9-10-19(18)22(20)13-14-5-2-1-3-6-14/h1-12H,13H2,(H,21,24). The highest BCUT2D eigenvalue weighted by molar-refractivity contribution is 5.82. The van der Waals surface area contributed by atoms with Gasteiger partial charge < -0.3 is 4.98 Å². The highest BCUT2D eigenvalue weighted by Gasteiger charge is 2.11. The monoisotopic (exact) mass is 345 g/mol. The fraction of sp³-hybridized carbons (Fsp3) is 0.0500. The number of hydrogen-bond acceptors (Lipinski definition) is 3. The Kier molecular flexibility index (Phi) is 3.85. The third-order valence-corrected chi connectivity index (χ3v) is 4.35. The molecule has 0 amide bonds. The number of nitro benzene ring substituents is 1. The molecule has 0 aliphatic carbocycles. The van der Waals surface area contributed by atoms with Crippen LogP contribution in [0, 0.1) is 10.1 Å². The average Bonchev–Trinajstić information content (AvgIpc) is 2.97.